The highest BCUT2D eigenvalue weighted by Crippen LogP contribution is 2.19. The maximum atomic E-state index is 11.9. The van der Waals surface area contributed by atoms with Crippen LogP contribution >= 0.6 is 0 Å². The van der Waals surface area contributed by atoms with E-state index in [1.165, 1.54) is 0 Å². The van der Waals surface area contributed by atoms with Crippen LogP contribution in [0, 0.1) is 0 Å². The van der Waals surface area contributed by atoms with Gasteiger partial charge >= 0.3 is 5.97 Å². The lowest BCUT2D eigenvalue weighted by molar-refractivity contribution is -0.137. The van der Waals surface area contributed by atoms with Crippen molar-refractivity contribution in [2.45, 2.75) is 45.8 Å². The Kier molecular flexibility index (Phi) is 6.03. The predicted octanol–water partition coefficient (Wildman–Crippen LogP) is 2.00. The number of hydrogen-bond acceptors (Lipinski definition) is 3. The Hall–Kier alpha value is -2.04. The summed E-state index contributed by atoms with van der Waals surface area (Å²) in [5.74, 6) is -0.455. The van der Waals surface area contributed by atoms with E-state index in [1.807, 2.05) is 38.1 Å². The van der Waals surface area contributed by atoms with E-state index < -0.39 is 12.0 Å². The van der Waals surface area contributed by atoms with Crippen molar-refractivity contribution in [3.8, 4) is 5.75 Å². The van der Waals surface area contributed by atoms with Crippen molar-refractivity contribution in [2.24, 2.45) is 0 Å². The molecule has 0 aromatic heterocycles. The number of aliphatic carboxylic acids is 1. The molecule has 1 amide bonds. The van der Waals surface area contributed by atoms with Gasteiger partial charge in [-0.2, -0.15) is 0 Å². The first-order chi connectivity index (χ1) is 9.38. The molecule has 0 aliphatic carbocycles. The van der Waals surface area contributed by atoms with Crippen molar-refractivity contribution in [3.63, 3.8) is 0 Å². The lowest BCUT2D eigenvalue weighted by atomic mass is 10.1. The second-order valence-corrected chi connectivity index (χ2v) is 5.02. The Bertz CT molecular complexity index is 471. The Morgan fingerprint density at radius 3 is 2.50 bits per heavy atom. The number of benzene rings is 1. The van der Waals surface area contributed by atoms with Crippen LogP contribution in [-0.4, -0.2) is 29.1 Å². The lowest BCUT2D eigenvalue weighted by Crippen LogP contribution is -2.35. The standard InChI is InChI=1S/C15H21NO4/c1-10(2)20-13-7-5-4-6-12(13)9-14(17)16-11(3)8-15(18)19/h4-7,10-11H,8-9H2,1-3H3,(H,16,17)(H,18,19). The van der Waals surface area contributed by atoms with E-state index >= 15 is 0 Å². The molecule has 0 fully saturated rings. The minimum atomic E-state index is -0.929. The highest BCUT2D eigenvalue weighted by molar-refractivity contribution is 5.80. The van der Waals surface area contributed by atoms with Gasteiger partial charge in [-0.25, -0.2) is 0 Å². The largest absolute Gasteiger partial charge is 0.491 e. The van der Waals surface area contributed by atoms with Crippen LogP contribution in [-0.2, 0) is 16.0 Å². The number of nitrogens with one attached hydrogen (secondary N) is 1. The zero-order valence-electron chi connectivity index (χ0n) is 12.1. The number of carboxylic acid groups (broad SMARTS) is 1. The molecule has 0 bridgehead atoms. The van der Waals surface area contributed by atoms with Crippen molar-refractivity contribution < 1.29 is 19.4 Å². The highest BCUT2D eigenvalue weighted by Gasteiger charge is 2.13. The van der Waals surface area contributed by atoms with Gasteiger partial charge in [-0.15, -0.1) is 0 Å². The summed E-state index contributed by atoms with van der Waals surface area (Å²) in [5, 5.41) is 11.3. The number of hydrogen-bond donors (Lipinski definition) is 2. The lowest BCUT2D eigenvalue weighted by Gasteiger charge is -2.15. The van der Waals surface area contributed by atoms with Gasteiger partial charge in [-0.1, -0.05) is 18.2 Å². The molecule has 0 saturated carbocycles. The van der Waals surface area contributed by atoms with E-state index in [0.29, 0.717) is 5.75 Å². The molecule has 1 rings (SSSR count). The van der Waals surface area contributed by atoms with Crippen LogP contribution in [0.4, 0.5) is 0 Å². The summed E-state index contributed by atoms with van der Waals surface area (Å²) in [4.78, 5) is 22.4. The molecule has 1 aromatic carbocycles. The van der Waals surface area contributed by atoms with Gasteiger partial charge in [0.05, 0.1) is 18.9 Å². The average Bonchev–Trinajstić information content (AvgIpc) is 2.29. The molecular formula is C15H21NO4. The van der Waals surface area contributed by atoms with Gasteiger partial charge in [-0.3, -0.25) is 9.59 Å². The molecule has 110 valence electrons. The number of carbonyl (C=O) groups excluding carboxylic acids is 1. The molecule has 0 saturated heterocycles. The summed E-state index contributed by atoms with van der Waals surface area (Å²) >= 11 is 0. The minimum absolute atomic E-state index is 0.0325. The maximum Gasteiger partial charge on any atom is 0.305 e. The van der Waals surface area contributed by atoms with E-state index in [2.05, 4.69) is 5.32 Å². The van der Waals surface area contributed by atoms with E-state index in [9.17, 15) is 9.59 Å². The zero-order chi connectivity index (χ0) is 15.1. The van der Waals surface area contributed by atoms with Crippen LogP contribution in [0.1, 0.15) is 32.8 Å². The zero-order valence-corrected chi connectivity index (χ0v) is 12.1. The third-order valence-electron chi connectivity index (χ3n) is 2.57. The molecule has 1 unspecified atom stereocenters. The van der Waals surface area contributed by atoms with Gasteiger partial charge in [0.25, 0.3) is 0 Å². The summed E-state index contributed by atoms with van der Waals surface area (Å²) in [5.41, 5.74) is 0.793. The summed E-state index contributed by atoms with van der Waals surface area (Å²) in [6, 6.07) is 6.96. The maximum absolute atomic E-state index is 11.9. The SMILES string of the molecule is CC(CC(=O)O)NC(=O)Cc1ccccc1OC(C)C. The third kappa shape index (κ3) is 5.73. The van der Waals surface area contributed by atoms with Gasteiger partial charge in [0, 0.05) is 11.6 Å². The molecule has 0 aliphatic heterocycles. The van der Waals surface area contributed by atoms with E-state index in [1.54, 1.807) is 6.92 Å². The van der Waals surface area contributed by atoms with Crippen molar-refractivity contribution in [2.75, 3.05) is 0 Å². The quantitative estimate of drug-likeness (QED) is 0.800. The molecule has 20 heavy (non-hydrogen) atoms. The second kappa shape index (κ2) is 7.53. The smallest absolute Gasteiger partial charge is 0.305 e. The minimum Gasteiger partial charge on any atom is -0.491 e. The van der Waals surface area contributed by atoms with E-state index in [0.717, 1.165) is 5.56 Å². The van der Waals surface area contributed by atoms with E-state index in [-0.39, 0.29) is 24.9 Å². The van der Waals surface area contributed by atoms with Crippen molar-refractivity contribution in [1.82, 2.24) is 5.32 Å². The fourth-order valence-electron chi connectivity index (χ4n) is 1.83. The second-order valence-electron chi connectivity index (χ2n) is 5.02. The van der Waals surface area contributed by atoms with Crippen LogP contribution in [0.3, 0.4) is 0 Å². The summed E-state index contributed by atoms with van der Waals surface area (Å²) in [7, 11) is 0. The molecule has 2 N–H and O–H groups in total. The summed E-state index contributed by atoms with van der Waals surface area (Å²) in [6.45, 7) is 5.51. The average molecular weight is 279 g/mol. The molecule has 0 radical (unpaired) electrons. The van der Waals surface area contributed by atoms with Crippen molar-refractivity contribution in [3.05, 3.63) is 29.8 Å². The van der Waals surface area contributed by atoms with Crippen LogP contribution in [0.15, 0.2) is 24.3 Å². The normalized spacial score (nSPS) is 12.0. The summed E-state index contributed by atoms with van der Waals surface area (Å²) in [6.07, 6.45) is 0.119. The van der Waals surface area contributed by atoms with E-state index in [4.69, 9.17) is 9.84 Å². The Morgan fingerprint density at radius 1 is 1.25 bits per heavy atom. The van der Waals surface area contributed by atoms with Crippen LogP contribution < -0.4 is 10.1 Å². The number of amides is 1. The van der Waals surface area contributed by atoms with Crippen molar-refractivity contribution >= 4 is 11.9 Å². The highest BCUT2D eigenvalue weighted by atomic mass is 16.5. The molecule has 0 spiro atoms. The van der Waals surface area contributed by atoms with Crippen LogP contribution in [0.25, 0.3) is 0 Å². The van der Waals surface area contributed by atoms with Gasteiger partial charge in [0.2, 0.25) is 5.91 Å². The molecule has 5 heteroatoms. The fraction of sp³-hybridized carbons (Fsp3) is 0.467. The number of para-hydroxylation sites is 1. The first-order valence-electron chi connectivity index (χ1n) is 6.64. The molecule has 1 atom stereocenters. The van der Waals surface area contributed by atoms with Crippen LogP contribution in [0.5, 0.6) is 5.75 Å². The van der Waals surface area contributed by atoms with Gasteiger partial charge in [0.1, 0.15) is 5.75 Å². The molecule has 5 nitrogen and oxygen atoms in total. The first kappa shape index (κ1) is 16.0. The Balaban J connectivity index is 2.63. The number of carboxylic acids is 1. The van der Waals surface area contributed by atoms with Crippen molar-refractivity contribution in [1.29, 1.82) is 0 Å². The van der Waals surface area contributed by atoms with Gasteiger partial charge < -0.3 is 15.2 Å². The number of carbonyl (C=O) groups is 2. The molecule has 0 aliphatic rings. The number of ether oxygens (including phenoxy) is 1. The third-order valence-corrected chi connectivity index (χ3v) is 2.57. The van der Waals surface area contributed by atoms with Gasteiger partial charge in [-0.05, 0) is 26.8 Å². The topological polar surface area (TPSA) is 75.6 Å². The number of rotatable bonds is 7. The molecular weight excluding hydrogens is 258 g/mol. The first-order valence-corrected chi connectivity index (χ1v) is 6.64. The fourth-order valence-corrected chi connectivity index (χ4v) is 1.83. The molecule has 0 heterocycles. The van der Waals surface area contributed by atoms with Crippen LogP contribution in [0.2, 0.25) is 0 Å². The predicted molar refractivity (Wildman–Crippen MR) is 75.8 cm³/mol. The van der Waals surface area contributed by atoms with Gasteiger partial charge in [0.15, 0.2) is 0 Å². The molecule has 1 aromatic rings. The Labute approximate surface area is 118 Å². The monoisotopic (exact) mass is 279 g/mol. The summed E-state index contributed by atoms with van der Waals surface area (Å²) < 4.78 is 5.64. The Morgan fingerprint density at radius 2 is 1.90 bits per heavy atom.